The Kier molecular flexibility index (Phi) is 3.81. The number of halogens is 3. The zero-order chi connectivity index (χ0) is 10.6. The van der Waals surface area contributed by atoms with Crippen LogP contribution in [0.5, 0.6) is 0 Å². The molecular formula is C3HF3NO5S-. The lowest BCUT2D eigenvalue weighted by Crippen LogP contribution is -2.34. The Bertz CT molecular complexity index is 250. The summed E-state index contributed by atoms with van der Waals surface area (Å²) in [7, 11) is 0. The van der Waals surface area contributed by atoms with E-state index in [2.05, 4.69) is 4.74 Å². The van der Waals surface area contributed by atoms with Crippen LogP contribution in [0, 0.1) is 0 Å². The molecule has 1 N–H and O–H groups in total. The van der Waals surface area contributed by atoms with E-state index in [1.807, 2.05) is 0 Å². The van der Waals surface area contributed by atoms with Crippen molar-refractivity contribution in [2.45, 2.75) is 6.18 Å². The van der Waals surface area contributed by atoms with Crippen LogP contribution in [0.2, 0.25) is 0 Å². The zero-order valence-electron chi connectivity index (χ0n) is 5.58. The molecule has 10 heteroatoms. The van der Waals surface area contributed by atoms with Crippen LogP contribution in [0.3, 0.4) is 0 Å². The third-order valence-electron chi connectivity index (χ3n) is 0.584. The predicted molar refractivity (Wildman–Crippen MR) is 29.6 cm³/mol. The summed E-state index contributed by atoms with van der Waals surface area (Å²) in [5.74, 6) is -2.80. The first-order valence-electron chi connectivity index (χ1n) is 2.42. The SMILES string of the molecule is O=C(NS(=O)[O-])OC(=O)C(F)(F)F. The summed E-state index contributed by atoms with van der Waals surface area (Å²) in [4.78, 5) is 19.9. The van der Waals surface area contributed by atoms with Gasteiger partial charge in [-0.2, -0.15) is 13.2 Å². The maximum absolute atomic E-state index is 11.3. The van der Waals surface area contributed by atoms with E-state index in [0.29, 0.717) is 0 Å². The quantitative estimate of drug-likeness (QED) is 0.368. The molecule has 0 radical (unpaired) electrons. The summed E-state index contributed by atoms with van der Waals surface area (Å²) in [6, 6.07) is 0. The van der Waals surface area contributed by atoms with Crippen LogP contribution in [0.4, 0.5) is 18.0 Å². The molecule has 0 fully saturated rings. The minimum absolute atomic E-state index is 0.880. The summed E-state index contributed by atoms with van der Waals surface area (Å²) >= 11 is -3.13. The number of carbonyl (C=O) groups is 2. The largest absolute Gasteiger partial charge is 0.755 e. The number of rotatable bonds is 1. The van der Waals surface area contributed by atoms with Gasteiger partial charge in [-0.05, 0) is 0 Å². The third kappa shape index (κ3) is 5.14. The number of amides is 1. The Labute approximate surface area is 71.5 Å². The summed E-state index contributed by atoms with van der Waals surface area (Å²) in [6.45, 7) is 0. The molecule has 0 saturated carbocycles. The predicted octanol–water partition coefficient (Wildman–Crippen LogP) is -0.404. The molecule has 0 spiro atoms. The lowest BCUT2D eigenvalue weighted by atomic mass is 10.7. The average Bonchev–Trinajstić information content (AvgIpc) is 1.82. The van der Waals surface area contributed by atoms with Crippen LogP contribution >= 0.6 is 0 Å². The van der Waals surface area contributed by atoms with Gasteiger partial charge >= 0.3 is 18.2 Å². The van der Waals surface area contributed by atoms with Crippen LogP contribution in [0.25, 0.3) is 0 Å². The molecule has 1 atom stereocenters. The molecule has 0 aromatic rings. The number of alkyl halides is 3. The molecular weight excluding hydrogens is 219 g/mol. The first-order valence-corrected chi connectivity index (χ1v) is 3.50. The van der Waals surface area contributed by atoms with Gasteiger partial charge in [0.2, 0.25) is 0 Å². The Morgan fingerprint density at radius 3 is 2.15 bits per heavy atom. The highest BCUT2D eigenvalue weighted by Gasteiger charge is 2.42. The molecule has 0 aliphatic carbocycles. The van der Waals surface area contributed by atoms with Crippen molar-refractivity contribution in [3.63, 3.8) is 0 Å². The monoisotopic (exact) mass is 220 g/mol. The molecule has 0 saturated heterocycles. The highest BCUT2D eigenvalue weighted by atomic mass is 32.2. The fourth-order valence-corrected chi connectivity index (χ4v) is 0.409. The highest BCUT2D eigenvalue weighted by molar-refractivity contribution is 7.77. The standard InChI is InChI=1S/C3H2F3NO5S/c4-3(5,6)1(8)12-2(9)7-13(10)11/h(H,7,9)(H,10,11)/p-1. The second-order valence-corrected chi connectivity index (χ2v) is 2.19. The maximum atomic E-state index is 11.3. The smallest absolute Gasteiger partial charge is 0.491 e. The Morgan fingerprint density at radius 1 is 1.38 bits per heavy atom. The van der Waals surface area contributed by atoms with E-state index >= 15 is 0 Å². The van der Waals surface area contributed by atoms with Crippen LogP contribution in [0.15, 0.2) is 0 Å². The Morgan fingerprint density at radius 2 is 1.85 bits per heavy atom. The molecule has 0 heterocycles. The normalized spacial score (nSPS) is 13.2. The van der Waals surface area contributed by atoms with Crippen molar-refractivity contribution in [3.05, 3.63) is 0 Å². The van der Waals surface area contributed by atoms with Gasteiger partial charge in [0.25, 0.3) is 0 Å². The van der Waals surface area contributed by atoms with Gasteiger partial charge in [0.05, 0.1) is 0 Å². The van der Waals surface area contributed by atoms with Crippen molar-refractivity contribution in [3.8, 4) is 0 Å². The molecule has 0 bridgehead atoms. The van der Waals surface area contributed by atoms with E-state index in [9.17, 15) is 31.5 Å². The Balaban J connectivity index is 4.08. The number of ether oxygens (including phenoxy) is 1. The first kappa shape index (κ1) is 11.8. The van der Waals surface area contributed by atoms with Gasteiger partial charge in [-0.25, -0.2) is 9.59 Å². The molecule has 0 aromatic carbocycles. The van der Waals surface area contributed by atoms with Crippen molar-refractivity contribution in [1.29, 1.82) is 0 Å². The molecule has 1 unspecified atom stereocenters. The minimum atomic E-state index is -5.35. The van der Waals surface area contributed by atoms with Crippen molar-refractivity contribution < 1.29 is 36.3 Å². The van der Waals surface area contributed by atoms with Gasteiger partial charge in [-0.1, -0.05) is 0 Å². The highest BCUT2D eigenvalue weighted by Crippen LogP contribution is 2.16. The van der Waals surface area contributed by atoms with E-state index in [4.69, 9.17) is 0 Å². The third-order valence-corrected chi connectivity index (χ3v) is 0.917. The summed E-state index contributed by atoms with van der Waals surface area (Å²) in [5.41, 5.74) is 0. The van der Waals surface area contributed by atoms with Crippen LogP contribution in [-0.4, -0.2) is 27.0 Å². The zero-order valence-corrected chi connectivity index (χ0v) is 6.40. The molecule has 76 valence electrons. The fraction of sp³-hybridized carbons (Fsp3) is 0.333. The molecule has 13 heavy (non-hydrogen) atoms. The summed E-state index contributed by atoms with van der Waals surface area (Å²) in [5, 5.41) is 0. The molecule has 1 amide bonds. The van der Waals surface area contributed by atoms with E-state index in [0.717, 1.165) is 4.72 Å². The molecule has 0 aliphatic heterocycles. The molecule has 0 aliphatic rings. The lowest BCUT2D eigenvalue weighted by Gasteiger charge is -2.07. The number of carbonyl (C=O) groups excluding carboxylic acids is 2. The first-order chi connectivity index (χ1) is 5.73. The van der Waals surface area contributed by atoms with Crippen molar-refractivity contribution >= 4 is 23.3 Å². The van der Waals surface area contributed by atoms with Crippen LogP contribution < -0.4 is 4.72 Å². The van der Waals surface area contributed by atoms with Gasteiger partial charge in [0.1, 0.15) is 0 Å². The number of nitrogens with one attached hydrogen (secondary N) is 1. The summed E-state index contributed by atoms with van der Waals surface area (Å²) in [6.07, 6.45) is -7.36. The number of hydrogen-bond acceptors (Lipinski definition) is 5. The second-order valence-electron chi connectivity index (χ2n) is 1.51. The minimum Gasteiger partial charge on any atom is -0.755 e. The number of esters is 1. The van der Waals surface area contributed by atoms with Gasteiger partial charge in [-0.3, -0.25) is 8.93 Å². The lowest BCUT2D eigenvalue weighted by molar-refractivity contribution is -0.192. The van der Waals surface area contributed by atoms with Gasteiger partial charge in [-0.15, -0.1) is 0 Å². The molecule has 0 aromatic heterocycles. The maximum Gasteiger partial charge on any atom is 0.491 e. The van der Waals surface area contributed by atoms with Crippen molar-refractivity contribution in [2.75, 3.05) is 0 Å². The molecule has 0 rings (SSSR count). The summed E-state index contributed by atoms with van der Waals surface area (Å²) < 4.78 is 57.2. The fourth-order valence-electron chi connectivity index (χ4n) is 0.231. The van der Waals surface area contributed by atoms with Crippen molar-refractivity contribution in [1.82, 2.24) is 4.72 Å². The van der Waals surface area contributed by atoms with Gasteiger partial charge < -0.3 is 9.29 Å². The number of hydrogen-bond donors (Lipinski definition) is 1. The van der Waals surface area contributed by atoms with Crippen LogP contribution in [0.1, 0.15) is 0 Å². The van der Waals surface area contributed by atoms with Gasteiger partial charge in [0, 0.05) is 11.3 Å². The second kappa shape index (κ2) is 4.18. The van der Waals surface area contributed by atoms with E-state index in [-0.39, 0.29) is 0 Å². The van der Waals surface area contributed by atoms with E-state index in [1.54, 1.807) is 0 Å². The molecule has 6 nitrogen and oxygen atoms in total. The van der Waals surface area contributed by atoms with E-state index in [1.165, 1.54) is 0 Å². The van der Waals surface area contributed by atoms with Crippen LogP contribution in [-0.2, 0) is 20.8 Å². The Hall–Kier alpha value is -1.16. The topological polar surface area (TPSA) is 95.5 Å². The van der Waals surface area contributed by atoms with Gasteiger partial charge in [0.15, 0.2) is 0 Å². The average molecular weight is 220 g/mol. The van der Waals surface area contributed by atoms with Crippen molar-refractivity contribution in [2.24, 2.45) is 0 Å². The van der Waals surface area contributed by atoms with E-state index < -0.39 is 29.5 Å².